The Labute approximate surface area is 286 Å². The van der Waals surface area contributed by atoms with Crippen molar-refractivity contribution in [1.29, 1.82) is 0 Å². The molecule has 272 valence electrons. The summed E-state index contributed by atoms with van der Waals surface area (Å²) in [4.78, 5) is 0. The SMILES string of the molecule is CCCCCCCCCCCCCCCCCCOCC(CC)(CC)COCCCCCCCCCCCCCCCCCC. The Hall–Kier alpha value is -0.0800. The minimum atomic E-state index is 0.212. The molecule has 0 aromatic carbocycles. The Bertz CT molecular complexity index is 472. The molecule has 0 rings (SSSR count). The van der Waals surface area contributed by atoms with Gasteiger partial charge in [0.05, 0.1) is 13.2 Å². The van der Waals surface area contributed by atoms with Gasteiger partial charge in [-0.05, 0) is 25.7 Å². The lowest BCUT2D eigenvalue weighted by molar-refractivity contribution is -0.0288. The van der Waals surface area contributed by atoms with Crippen LogP contribution in [0, 0.1) is 5.41 Å². The predicted octanol–water partition coefficient (Wildman–Crippen LogP) is 15.3. The molecule has 0 radical (unpaired) electrons. The second kappa shape index (κ2) is 38.4. The molecule has 2 heteroatoms. The molecule has 0 aliphatic heterocycles. The molecule has 0 saturated heterocycles. The molecule has 0 spiro atoms. The van der Waals surface area contributed by atoms with Crippen molar-refractivity contribution >= 4 is 0 Å². The van der Waals surface area contributed by atoms with Crippen LogP contribution in [0.3, 0.4) is 0 Å². The van der Waals surface area contributed by atoms with Crippen molar-refractivity contribution in [3.05, 3.63) is 0 Å². The van der Waals surface area contributed by atoms with Gasteiger partial charge in [0.15, 0.2) is 0 Å². The van der Waals surface area contributed by atoms with Crippen LogP contribution < -0.4 is 0 Å². The highest BCUT2D eigenvalue weighted by molar-refractivity contribution is 4.76. The number of unbranched alkanes of at least 4 members (excludes halogenated alkanes) is 30. The van der Waals surface area contributed by atoms with E-state index in [1.165, 1.54) is 205 Å². The van der Waals surface area contributed by atoms with E-state index in [0.29, 0.717) is 0 Å². The van der Waals surface area contributed by atoms with Crippen LogP contribution in [0.15, 0.2) is 0 Å². The van der Waals surface area contributed by atoms with Crippen molar-refractivity contribution < 1.29 is 9.47 Å². The van der Waals surface area contributed by atoms with Crippen LogP contribution in [0.2, 0.25) is 0 Å². The summed E-state index contributed by atoms with van der Waals surface area (Å²) in [6.45, 7) is 12.9. The number of hydrogen-bond acceptors (Lipinski definition) is 2. The van der Waals surface area contributed by atoms with Crippen LogP contribution >= 0.6 is 0 Å². The Morgan fingerprint density at radius 1 is 0.267 bits per heavy atom. The molecule has 0 amide bonds. The van der Waals surface area contributed by atoms with Gasteiger partial charge in [0.25, 0.3) is 0 Å². The van der Waals surface area contributed by atoms with Crippen LogP contribution in [0.25, 0.3) is 0 Å². The zero-order chi connectivity index (χ0) is 32.8. The summed E-state index contributed by atoms with van der Waals surface area (Å²) in [6.07, 6.45) is 47.8. The highest BCUT2D eigenvalue weighted by atomic mass is 16.5. The lowest BCUT2D eigenvalue weighted by atomic mass is 9.84. The average molecular weight is 637 g/mol. The number of hydrogen-bond donors (Lipinski definition) is 0. The zero-order valence-electron chi connectivity index (χ0n) is 32.2. The average Bonchev–Trinajstić information content (AvgIpc) is 3.06. The fourth-order valence-corrected chi connectivity index (χ4v) is 6.78. The molecule has 0 aromatic heterocycles. The number of ether oxygens (including phenoxy) is 2. The van der Waals surface area contributed by atoms with E-state index >= 15 is 0 Å². The van der Waals surface area contributed by atoms with Crippen molar-refractivity contribution in [3.8, 4) is 0 Å². The van der Waals surface area contributed by atoms with E-state index in [4.69, 9.17) is 9.47 Å². The minimum Gasteiger partial charge on any atom is -0.381 e. The van der Waals surface area contributed by atoms with Gasteiger partial charge in [-0.2, -0.15) is 0 Å². The van der Waals surface area contributed by atoms with E-state index in [0.717, 1.165) is 39.3 Å². The first-order valence-electron chi connectivity index (χ1n) is 21.4. The molecule has 0 heterocycles. The third kappa shape index (κ3) is 33.6. The minimum absolute atomic E-state index is 0.212. The lowest BCUT2D eigenvalue weighted by Gasteiger charge is -2.31. The van der Waals surface area contributed by atoms with Gasteiger partial charge in [0.1, 0.15) is 0 Å². The van der Waals surface area contributed by atoms with Gasteiger partial charge in [-0.25, -0.2) is 0 Å². The monoisotopic (exact) mass is 637 g/mol. The zero-order valence-corrected chi connectivity index (χ0v) is 32.2. The quantitative estimate of drug-likeness (QED) is 0.0623. The van der Waals surface area contributed by atoms with Crippen LogP contribution in [0.5, 0.6) is 0 Å². The Morgan fingerprint density at radius 2 is 0.467 bits per heavy atom. The molecule has 0 atom stereocenters. The van der Waals surface area contributed by atoms with Gasteiger partial charge in [0, 0.05) is 18.6 Å². The van der Waals surface area contributed by atoms with Crippen molar-refractivity contribution in [2.45, 2.75) is 246 Å². The number of rotatable bonds is 40. The molecule has 0 aliphatic rings. The Morgan fingerprint density at radius 3 is 0.667 bits per heavy atom. The Kier molecular flexibility index (Phi) is 38.3. The fourth-order valence-electron chi connectivity index (χ4n) is 6.78. The van der Waals surface area contributed by atoms with Gasteiger partial charge < -0.3 is 9.47 Å². The van der Waals surface area contributed by atoms with E-state index in [1.807, 2.05) is 0 Å². The summed E-state index contributed by atoms with van der Waals surface area (Å²) in [7, 11) is 0. The molecule has 0 unspecified atom stereocenters. The second-order valence-electron chi connectivity index (χ2n) is 14.9. The second-order valence-corrected chi connectivity index (χ2v) is 14.9. The smallest absolute Gasteiger partial charge is 0.0544 e. The standard InChI is InChI=1S/C43H88O2/c1-5-9-11-13-15-17-19-21-23-25-27-29-31-33-35-37-39-44-41-43(7-3,8-4)42-45-40-38-36-34-32-30-28-26-24-22-20-18-16-14-12-10-6-2/h5-42H2,1-4H3. The van der Waals surface area contributed by atoms with E-state index in [-0.39, 0.29) is 5.41 Å². The third-order valence-corrected chi connectivity index (χ3v) is 10.6. The molecule has 0 fully saturated rings. The highest BCUT2D eigenvalue weighted by Gasteiger charge is 2.26. The van der Waals surface area contributed by atoms with E-state index in [2.05, 4.69) is 27.7 Å². The topological polar surface area (TPSA) is 18.5 Å². The Balaban J connectivity index is 3.47. The lowest BCUT2D eigenvalue weighted by Crippen LogP contribution is -2.31. The molecular formula is C43H88O2. The molecule has 0 aliphatic carbocycles. The summed E-state index contributed by atoms with van der Waals surface area (Å²) in [5, 5.41) is 0. The summed E-state index contributed by atoms with van der Waals surface area (Å²) in [5.41, 5.74) is 0.212. The first-order chi connectivity index (χ1) is 22.2. The van der Waals surface area contributed by atoms with Crippen molar-refractivity contribution in [3.63, 3.8) is 0 Å². The maximum Gasteiger partial charge on any atom is 0.0544 e. The maximum absolute atomic E-state index is 6.21. The predicted molar refractivity (Wildman–Crippen MR) is 204 cm³/mol. The van der Waals surface area contributed by atoms with Gasteiger partial charge in [-0.15, -0.1) is 0 Å². The molecule has 0 saturated carbocycles. The van der Waals surface area contributed by atoms with E-state index in [1.54, 1.807) is 0 Å². The van der Waals surface area contributed by atoms with E-state index < -0.39 is 0 Å². The third-order valence-electron chi connectivity index (χ3n) is 10.6. The highest BCUT2D eigenvalue weighted by Crippen LogP contribution is 2.28. The van der Waals surface area contributed by atoms with Crippen LogP contribution in [0.4, 0.5) is 0 Å². The van der Waals surface area contributed by atoms with Crippen molar-refractivity contribution in [2.75, 3.05) is 26.4 Å². The summed E-state index contributed by atoms with van der Waals surface area (Å²) >= 11 is 0. The van der Waals surface area contributed by atoms with Crippen LogP contribution in [0.1, 0.15) is 246 Å². The fraction of sp³-hybridized carbons (Fsp3) is 1.00. The maximum atomic E-state index is 6.21. The van der Waals surface area contributed by atoms with Crippen LogP contribution in [-0.2, 0) is 9.47 Å². The molecular weight excluding hydrogens is 548 g/mol. The van der Waals surface area contributed by atoms with Gasteiger partial charge >= 0.3 is 0 Å². The molecule has 0 aromatic rings. The van der Waals surface area contributed by atoms with Gasteiger partial charge in [0.2, 0.25) is 0 Å². The van der Waals surface area contributed by atoms with Gasteiger partial charge in [-0.1, -0.05) is 220 Å². The molecule has 2 nitrogen and oxygen atoms in total. The first-order valence-corrected chi connectivity index (χ1v) is 21.4. The molecule has 0 bridgehead atoms. The van der Waals surface area contributed by atoms with Gasteiger partial charge in [-0.3, -0.25) is 0 Å². The van der Waals surface area contributed by atoms with E-state index in [9.17, 15) is 0 Å². The summed E-state index contributed by atoms with van der Waals surface area (Å²) in [5.74, 6) is 0. The first kappa shape index (κ1) is 44.9. The van der Waals surface area contributed by atoms with Crippen molar-refractivity contribution in [2.24, 2.45) is 5.41 Å². The summed E-state index contributed by atoms with van der Waals surface area (Å²) in [6, 6.07) is 0. The van der Waals surface area contributed by atoms with Crippen LogP contribution in [-0.4, -0.2) is 26.4 Å². The normalized spacial score (nSPS) is 12.0. The summed E-state index contributed by atoms with van der Waals surface area (Å²) < 4.78 is 12.4. The molecule has 0 N–H and O–H groups in total. The largest absolute Gasteiger partial charge is 0.381 e. The van der Waals surface area contributed by atoms with Crippen molar-refractivity contribution in [1.82, 2.24) is 0 Å². The molecule has 45 heavy (non-hydrogen) atoms.